The highest BCUT2D eigenvalue weighted by Crippen LogP contribution is 2.20. The molecule has 0 fully saturated rings. The zero-order valence-electron chi connectivity index (χ0n) is 12.1. The lowest BCUT2D eigenvalue weighted by Gasteiger charge is -2.04. The number of aryl methyl sites for hydroxylation is 1. The van der Waals surface area contributed by atoms with Gasteiger partial charge in [0.15, 0.2) is 0 Å². The second-order valence-electron chi connectivity index (χ2n) is 4.92. The molecule has 4 nitrogen and oxygen atoms in total. The van der Waals surface area contributed by atoms with Gasteiger partial charge in [-0.3, -0.25) is 4.98 Å². The number of benzene rings is 1. The fourth-order valence-electron chi connectivity index (χ4n) is 2.04. The summed E-state index contributed by atoms with van der Waals surface area (Å²) in [5.74, 6) is 0. The van der Waals surface area contributed by atoms with E-state index in [1.807, 2.05) is 30.3 Å². The molecular weight excluding hydrogens is 316 g/mol. The molecule has 3 aromatic rings. The van der Waals surface area contributed by atoms with Gasteiger partial charge in [-0.2, -0.15) is 0 Å². The minimum absolute atomic E-state index is 0.655. The zero-order valence-corrected chi connectivity index (χ0v) is 13.7. The van der Waals surface area contributed by atoms with Crippen LogP contribution >= 0.6 is 22.9 Å². The van der Waals surface area contributed by atoms with Gasteiger partial charge in [-0.25, -0.2) is 0 Å². The summed E-state index contributed by atoms with van der Waals surface area (Å²) in [7, 11) is 0. The molecule has 0 spiro atoms. The molecule has 0 saturated heterocycles. The van der Waals surface area contributed by atoms with Gasteiger partial charge < -0.3 is 5.32 Å². The molecule has 0 aliphatic heterocycles. The number of hydrogen-bond acceptors (Lipinski definition) is 5. The van der Waals surface area contributed by atoms with E-state index in [1.54, 1.807) is 17.5 Å². The van der Waals surface area contributed by atoms with Gasteiger partial charge in [0.1, 0.15) is 5.01 Å². The summed E-state index contributed by atoms with van der Waals surface area (Å²) in [5.41, 5.74) is 3.37. The number of halogens is 1. The smallest absolute Gasteiger partial charge is 0.206 e. The third kappa shape index (κ3) is 3.81. The molecular formula is C16H15ClN4S. The first-order chi connectivity index (χ1) is 10.7. The van der Waals surface area contributed by atoms with Crippen LogP contribution < -0.4 is 5.32 Å². The number of anilines is 1. The molecule has 0 atom stereocenters. The van der Waals surface area contributed by atoms with E-state index in [1.165, 1.54) is 11.1 Å². The van der Waals surface area contributed by atoms with Crippen molar-refractivity contribution in [1.29, 1.82) is 0 Å². The van der Waals surface area contributed by atoms with Crippen molar-refractivity contribution >= 4 is 28.1 Å². The average molecular weight is 331 g/mol. The summed E-state index contributed by atoms with van der Waals surface area (Å²) in [6.07, 6.45) is 2.56. The quantitative estimate of drug-likeness (QED) is 0.765. The Bertz CT molecular complexity index is 755. The van der Waals surface area contributed by atoms with Gasteiger partial charge in [0.2, 0.25) is 5.13 Å². The molecule has 0 radical (unpaired) electrons. The lowest BCUT2D eigenvalue weighted by Crippen LogP contribution is -2.03. The number of pyridine rings is 1. The van der Waals surface area contributed by atoms with E-state index in [2.05, 4.69) is 33.5 Å². The topological polar surface area (TPSA) is 50.7 Å². The number of hydrogen-bond donors (Lipinski definition) is 1. The lowest BCUT2D eigenvalue weighted by molar-refractivity contribution is 0.972. The van der Waals surface area contributed by atoms with Crippen molar-refractivity contribution in [3.8, 4) is 0 Å². The van der Waals surface area contributed by atoms with E-state index in [0.29, 0.717) is 6.54 Å². The van der Waals surface area contributed by atoms with E-state index in [0.717, 1.165) is 27.3 Å². The second-order valence-corrected chi connectivity index (χ2v) is 6.42. The van der Waals surface area contributed by atoms with Crippen molar-refractivity contribution in [1.82, 2.24) is 15.2 Å². The highest BCUT2D eigenvalue weighted by Gasteiger charge is 2.06. The Morgan fingerprint density at radius 3 is 2.73 bits per heavy atom. The summed E-state index contributed by atoms with van der Waals surface area (Å²) in [5, 5.41) is 14.2. The van der Waals surface area contributed by atoms with Crippen molar-refractivity contribution in [2.75, 3.05) is 5.32 Å². The Hall–Kier alpha value is -1.98. The molecule has 2 aromatic heterocycles. The van der Waals surface area contributed by atoms with Gasteiger partial charge in [-0.05, 0) is 36.2 Å². The molecule has 2 heterocycles. The van der Waals surface area contributed by atoms with Crippen LogP contribution in [0.2, 0.25) is 5.02 Å². The van der Waals surface area contributed by atoms with E-state index in [4.69, 9.17) is 11.6 Å². The lowest BCUT2D eigenvalue weighted by atomic mass is 10.2. The normalized spacial score (nSPS) is 10.6. The molecule has 112 valence electrons. The SMILES string of the molecule is Cc1cccnc1CNc1nnc(Cc2ccc(Cl)cc2)s1. The van der Waals surface area contributed by atoms with Gasteiger partial charge >= 0.3 is 0 Å². The molecule has 22 heavy (non-hydrogen) atoms. The number of nitrogens with zero attached hydrogens (tertiary/aromatic N) is 3. The fraction of sp³-hybridized carbons (Fsp3) is 0.188. The van der Waals surface area contributed by atoms with Gasteiger partial charge in [0, 0.05) is 17.6 Å². The van der Waals surface area contributed by atoms with Crippen LogP contribution in [-0.2, 0) is 13.0 Å². The van der Waals surface area contributed by atoms with Crippen molar-refractivity contribution in [2.45, 2.75) is 19.9 Å². The van der Waals surface area contributed by atoms with Crippen LogP contribution in [0.15, 0.2) is 42.6 Å². The summed E-state index contributed by atoms with van der Waals surface area (Å²) in [4.78, 5) is 4.36. The van der Waals surface area contributed by atoms with Crippen LogP contribution in [0, 0.1) is 6.92 Å². The molecule has 0 amide bonds. The maximum atomic E-state index is 5.89. The van der Waals surface area contributed by atoms with E-state index >= 15 is 0 Å². The predicted molar refractivity (Wildman–Crippen MR) is 90.5 cm³/mol. The standard InChI is InChI=1S/C16H15ClN4S/c1-11-3-2-8-18-14(11)10-19-16-21-20-15(22-16)9-12-4-6-13(17)7-5-12/h2-8H,9-10H2,1H3,(H,19,21). The van der Waals surface area contributed by atoms with Crippen LogP contribution in [0.5, 0.6) is 0 Å². The fourth-order valence-corrected chi connectivity index (χ4v) is 2.93. The van der Waals surface area contributed by atoms with E-state index < -0.39 is 0 Å². The van der Waals surface area contributed by atoms with Crippen LogP contribution in [0.1, 0.15) is 21.8 Å². The maximum Gasteiger partial charge on any atom is 0.206 e. The van der Waals surface area contributed by atoms with Crippen molar-refractivity contribution in [2.24, 2.45) is 0 Å². The van der Waals surface area contributed by atoms with Crippen molar-refractivity contribution in [3.63, 3.8) is 0 Å². The first kappa shape index (κ1) is 14.9. The van der Waals surface area contributed by atoms with Gasteiger partial charge in [0.05, 0.1) is 12.2 Å². The summed E-state index contributed by atoms with van der Waals surface area (Å²) in [6, 6.07) is 11.8. The molecule has 0 aliphatic carbocycles. The van der Waals surface area contributed by atoms with Gasteiger partial charge in [-0.1, -0.05) is 41.1 Å². The first-order valence-corrected chi connectivity index (χ1v) is 8.11. The predicted octanol–water partition coefficient (Wildman–Crippen LogP) is 4.10. The first-order valence-electron chi connectivity index (χ1n) is 6.92. The molecule has 0 bridgehead atoms. The summed E-state index contributed by atoms with van der Waals surface area (Å²) in [6.45, 7) is 2.71. The Balaban J connectivity index is 1.61. The number of rotatable bonds is 5. The molecule has 6 heteroatoms. The molecule has 3 rings (SSSR count). The number of nitrogens with one attached hydrogen (secondary N) is 1. The van der Waals surface area contributed by atoms with Gasteiger partial charge in [-0.15, -0.1) is 10.2 Å². The summed E-state index contributed by atoms with van der Waals surface area (Å²) < 4.78 is 0. The highest BCUT2D eigenvalue weighted by molar-refractivity contribution is 7.15. The van der Waals surface area contributed by atoms with Gasteiger partial charge in [0.25, 0.3) is 0 Å². The van der Waals surface area contributed by atoms with Crippen LogP contribution in [0.3, 0.4) is 0 Å². The van der Waals surface area contributed by atoms with Crippen molar-refractivity contribution in [3.05, 3.63) is 69.4 Å². The molecule has 0 saturated carbocycles. The molecule has 1 aromatic carbocycles. The minimum atomic E-state index is 0.655. The third-order valence-electron chi connectivity index (χ3n) is 3.26. The molecule has 1 N–H and O–H groups in total. The monoisotopic (exact) mass is 330 g/mol. The summed E-state index contributed by atoms with van der Waals surface area (Å²) >= 11 is 7.45. The Morgan fingerprint density at radius 1 is 1.14 bits per heavy atom. The van der Waals surface area contributed by atoms with E-state index in [-0.39, 0.29) is 0 Å². The largest absolute Gasteiger partial charge is 0.354 e. The molecule has 0 aliphatic rings. The molecule has 0 unspecified atom stereocenters. The Labute approximate surface area is 138 Å². The van der Waals surface area contributed by atoms with E-state index in [9.17, 15) is 0 Å². The third-order valence-corrected chi connectivity index (χ3v) is 4.39. The Kier molecular flexibility index (Phi) is 4.65. The zero-order chi connectivity index (χ0) is 15.4. The van der Waals surface area contributed by atoms with Crippen molar-refractivity contribution < 1.29 is 0 Å². The van der Waals surface area contributed by atoms with Crippen LogP contribution in [0.25, 0.3) is 0 Å². The minimum Gasteiger partial charge on any atom is -0.354 e. The number of aromatic nitrogens is 3. The highest BCUT2D eigenvalue weighted by atomic mass is 35.5. The second kappa shape index (κ2) is 6.85. The maximum absolute atomic E-state index is 5.89. The average Bonchev–Trinajstić information content (AvgIpc) is 2.96. The van der Waals surface area contributed by atoms with Crippen LogP contribution in [-0.4, -0.2) is 15.2 Å². The Morgan fingerprint density at radius 2 is 1.95 bits per heavy atom. The van der Waals surface area contributed by atoms with Crippen LogP contribution in [0.4, 0.5) is 5.13 Å².